The molecule has 2 rings (SSSR count). The molecule has 0 aliphatic heterocycles. The molecule has 0 aliphatic carbocycles. The summed E-state index contributed by atoms with van der Waals surface area (Å²) in [5, 5.41) is 0. The van der Waals surface area contributed by atoms with Gasteiger partial charge in [0.05, 0.1) is 18.5 Å². The lowest BCUT2D eigenvalue weighted by molar-refractivity contribution is 0.339. The normalized spacial score (nSPS) is 11.4. The molecule has 106 valence electrons. The minimum Gasteiger partial charge on any atom is -0.492 e. The molecule has 0 spiro atoms. The van der Waals surface area contributed by atoms with Crippen LogP contribution in [0.3, 0.4) is 0 Å². The highest BCUT2D eigenvalue weighted by molar-refractivity contribution is 7.71. The number of hydrogen-bond acceptors (Lipinski definition) is 4. The van der Waals surface area contributed by atoms with Crippen molar-refractivity contribution in [2.45, 2.75) is 33.1 Å². The van der Waals surface area contributed by atoms with Gasteiger partial charge in [0.25, 0.3) is 0 Å². The third kappa shape index (κ3) is 3.42. The lowest BCUT2D eigenvalue weighted by atomic mass is 9.95. The van der Waals surface area contributed by atoms with Gasteiger partial charge in [-0.3, -0.25) is 4.98 Å². The summed E-state index contributed by atoms with van der Waals surface area (Å²) in [5.74, 6) is 1.61. The molecule has 20 heavy (non-hydrogen) atoms. The fourth-order valence-corrected chi connectivity index (χ4v) is 1.99. The first-order valence-corrected chi connectivity index (χ1v) is 7.01. The molecule has 0 atom stereocenters. The van der Waals surface area contributed by atoms with Crippen LogP contribution in [-0.2, 0) is 5.41 Å². The summed E-state index contributed by atoms with van der Waals surface area (Å²) in [4.78, 5) is 11.9. The Morgan fingerprint density at radius 1 is 1.25 bits per heavy atom. The molecule has 0 bridgehead atoms. The molecule has 4 nitrogen and oxygen atoms in total. The molecule has 2 heterocycles. The minimum absolute atomic E-state index is 0.0888. The SMILES string of the molecule is CCOc1cncc(-c2cc(=S)nc(C(C)(C)C)[nH]2)c1. The maximum atomic E-state index is 5.48. The van der Waals surface area contributed by atoms with Gasteiger partial charge >= 0.3 is 0 Å². The summed E-state index contributed by atoms with van der Waals surface area (Å²) in [6, 6.07) is 3.79. The van der Waals surface area contributed by atoms with Crippen molar-refractivity contribution in [2.24, 2.45) is 0 Å². The van der Waals surface area contributed by atoms with E-state index in [1.54, 1.807) is 12.4 Å². The Balaban J connectivity index is 2.50. The number of aromatic amines is 1. The van der Waals surface area contributed by atoms with Crippen LogP contribution in [0, 0.1) is 4.64 Å². The highest BCUT2D eigenvalue weighted by Crippen LogP contribution is 2.24. The summed E-state index contributed by atoms with van der Waals surface area (Å²) in [6.07, 6.45) is 3.49. The molecule has 0 unspecified atom stereocenters. The Kier molecular flexibility index (Phi) is 4.18. The monoisotopic (exact) mass is 289 g/mol. The van der Waals surface area contributed by atoms with E-state index in [2.05, 4.69) is 35.7 Å². The Bertz CT molecular complexity index is 659. The van der Waals surface area contributed by atoms with Crippen LogP contribution in [-0.4, -0.2) is 21.6 Å². The number of rotatable bonds is 3. The van der Waals surface area contributed by atoms with Crippen LogP contribution in [0.5, 0.6) is 5.75 Å². The number of pyridine rings is 1. The molecule has 0 fully saturated rings. The molecule has 5 heteroatoms. The summed E-state index contributed by atoms with van der Waals surface area (Å²) < 4.78 is 6.05. The van der Waals surface area contributed by atoms with E-state index < -0.39 is 0 Å². The summed E-state index contributed by atoms with van der Waals surface area (Å²) in [7, 11) is 0. The van der Waals surface area contributed by atoms with Gasteiger partial charge < -0.3 is 9.72 Å². The third-order valence-electron chi connectivity index (χ3n) is 2.79. The van der Waals surface area contributed by atoms with Crippen molar-refractivity contribution in [3.8, 4) is 17.0 Å². The van der Waals surface area contributed by atoms with Crippen molar-refractivity contribution in [1.29, 1.82) is 0 Å². The van der Waals surface area contributed by atoms with Crippen molar-refractivity contribution >= 4 is 12.2 Å². The van der Waals surface area contributed by atoms with Crippen molar-refractivity contribution < 1.29 is 4.74 Å². The van der Waals surface area contributed by atoms with E-state index in [0.717, 1.165) is 22.8 Å². The van der Waals surface area contributed by atoms with Gasteiger partial charge in [-0.05, 0) is 19.1 Å². The molecule has 1 N–H and O–H groups in total. The van der Waals surface area contributed by atoms with Crippen molar-refractivity contribution in [2.75, 3.05) is 6.61 Å². The van der Waals surface area contributed by atoms with Gasteiger partial charge in [-0.1, -0.05) is 33.0 Å². The Labute approximate surface area is 124 Å². The fourth-order valence-electron chi connectivity index (χ4n) is 1.78. The number of aromatic nitrogens is 3. The molecule has 0 aromatic carbocycles. The minimum atomic E-state index is -0.0888. The largest absolute Gasteiger partial charge is 0.492 e. The number of ether oxygens (including phenoxy) is 1. The maximum absolute atomic E-state index is 5.48. The lowest BCUT2D eigenvalue weighted by Crippen LogP contribution is -2.16. The summed E-state index contributed by atoms with van der Waals surface area (Å²) in [5.41, 5.74) is 1.76. The summed E-state index contributed by atoms with van der Waals surface area (Å²) in [6.45, 7) is 8.85. The van der Waals surface area contributed by atoms with Gasteiger partial charge in [0.2, 0.25) is 0 Å². The zero-order valence-corrected chi connectivity index (χ0v) is 13.0. The molecular weight excluding hydrogens is 270 g/mol. The summed E-state index contributed by atoms with van der Waals surface area (Å²) >= 11 is 5.26. The Hall–Kier alpha value is -1.75. The van der Waals surface area contributed by atoms with E-state index >= 15 is 0 Å². The number of H-pyrrole nitrogens is 1. The second kappa shape index (κ2) is 5.71. The number of nitrogens with zero attached hydrogens (tertiary/aromatic N) is 2. The highest BCUT2D eigenvalue weighted by atomic mass is 32.1. The molecule has 0 amide bonds. The van der Waals surface area contributed by atoms with Gasteiger partial charge in [0.15, 0.2) is 0 Å². The van der Waals surface area contributed by atoms with E-state index in [4.69, 9.17) is 17.0 Å². The van der Waals surface area contributed by atoms with Crippen LogP contribution < -0.4 is 4.74 Å². The van der Waals surface area contributed by atoms with E-state index in [9.17, 15) is 0 Å². The van der Waals surface area contributed by atoms with E-state index in [-0.39, 0.29) is 5.41 Å². The lowest BCUT2D eigenvalue weighted by Gasteiger charge is -2.18. The number of nitrogens with one attached hydrogen (secondary N) is 1. The molecule has 0 saturated heterocycles. The molecule has 0 radical (unpaired) electrons. The molecule has 0 aliphatic rings. The third-order valence-corrected chi connectivity index (χ3v) is 3.00. The number of hydrogen-bond donors (Lipinski definition) is 1. The predicted octanol–water partition coefficient (Wildman–Crippen LogP) is 3.90. The van der Waals surface area contributed by atoms with Crippen LogP contribution in [0.15, 0.2) is 24.5 Å². The zero-order chi connectivity index (χ0) is 14.8. The second-order valence-electron chi connectivity index (χ2n) is 5.57. The first-order chi connectivity index (χ1) is 9.40. The Morgan fingerprint density at radius 3 is 2.65 bits per heavy atom. The predicted molar refractivity (Wildman–Crippen MR) is 82.5 cm³/mol. The van der Waals surface area contributed by atoms with Gasteiger partial charge in [-0.15, -0.1) is 0 Å². The second-order valence-corrected chi connectivity index (χ2v) is 5.99. The first kappa shape index (κ1) is 14.7. The topological polar surface area (TPSA) is 50.8 Å². The molecule has 0 saturated carbocycles. The molecule has 2 aromatic heterocycles. The van der Waals surface area contributed by atoms with Crippen LogP contribution in [0.25, 0.3) is 11.3 Å². The van der Waals surface area contributed by atoms with Gasteiger partial charge in [0, 0.05) is 17.2 Å². The quantitative estimate of drug-likeness (QED) is 0.871. The Morgan fingerprint density at radius 2 is 2.00 bits per heavy atom. The first-order valence-electron chi connectivity index (χ1n) is 6.60. The highest BCUT2D eigenvalue weighted by Gasteiger charge is 2.17. The van der Waals surface area contributed by atoms with Crippen molar-refractivity contribution in [3.05, 3.63) is 35.0 Å². The van der Waals surface area contributed by atoms with E-state index in [1.807, 2.05) is 19.1 Å². The molecule has 2 aromatic rings. The van der Waals surface area contributed by atoms with Gasteiger partial charge in [0.1, 0.15) is 16.2 Å². The standard InChI is InChI=1S/C15H19N3OS/c1-5-19-11-6-10(8-16-9-11)12-7-13(20)18-14(17-12)15(2,3)4/h6-9H,5H2,1-4H3,(H,17,18,20). The van der Waals surface area contributed by atoms with Crippen LogP contribution in [0.2, 0.25) is 0 Å². The fraction of sp³-hybridized carbons (Fsp3) is 0.400. The zero-order valence-electron chi connectivity index (χ0n) is 12.2. The average Bonchev–Trinajstić information content (AvgIpc) is 2.38. The smallest absolute Gasteiger partial charge is 0.138 e. The van der Waals surface area contributed by atoms with Crippen LogP contribution >= 0.6 is 12.2 Å². The van der Waals surface area contributed by atoms with Gasteiger partial charge in [-0.25, -0.2) is 4.98 Å². The van der Waals surface area contributed by atoms with Crippen molar-refractivity contribution in [1.82, 2.24) is 15.0 Å². The average molecular weight is 289 g/mol. The van der Waals surface area contributed by atoms with Crippen LogP contribution in [0.1, 0.15) is 33.5 Å². The van der Waals surface area contributed by atoms with Crippen LogP contribution in [0.4, 0.5) is 0 Å². The maximum Gasteiger partial charge on any atom is 0.138 e. The van der Waals surface area contributed by atoms with E-state index in [1.165, 1.54) is 0 Å². The van der Waals surface area contributed by atoms with E-state index in [0.29, 0.717) is 11.2 Å². The molecular formula is C15H19N3OS. The van der Waals surface area contributed by atoms with Crippen molar-refractivity contribution in [3.63, 3.8) is 0 Å². The van der Waals surface area contributed by atoms with Gasteiger partial charge in [-0.2, -0.15) is 0 Å².